The number of aliphatic hydroxyl groups excluding tert-OH is 1. The van der Waals surface area contributed by atoms with Crippen molar-refractivity contribution in [3.63, 3.8) is 0 Å². The highest BCUT2D eigenvalue weighted by atomic mass is 16.5. The zero-order valence-corrected chi connectivity index (χ0v) is 14.5. The van der Waals surface area contributed by atoms with Gasteiger partial charge in [0.15, 0.2) is 0 Å². The fraction of sp³-hybridized carbons (Fsp3) is 0.389. The molecule has 2 aromatic rings. The molecule has 0 aliphatic rings. The summed E-state index contributed by atoms with van der Waals surface area (Å²) in [6.45, 7) is 1.71. The lowest BCUT2D eigenvalue weighted by molar-refractivity contribution is 0.0593. The number of hydrogen-bond donors (Lipinski definition) is 1. The van der Waals surface area contributed by atoms with Crippen LogP contribution in [0.3, 0.4) is 0 Å². The van der Waals surface area contributed by atoms with E-state index in [0.29, 0.717) is 29.1 Å². The van der Waals surface area contributed by atoms with Gasteiger partial charge in [-0.15, -0.1) is 0 Å². The van der Waals surface area contributed by atoms with Crippen LogP contribution in [0.25, 0.3) is 10.8 Å². The SMILES string of the molecule is COC(=O)c1c(OC)cc2cc(C[C@@H](C)O)c(OC)cc2c1OC. The first-order valence-electron chi connectivity index (χ1n) is 7.48. The van der Waals surface area contributed by atoms with Crippen LogP contribution in [0.2, 0.25) is 0 Å². The van der Waals surface area contributed by atoms with Gasteiger partial charge in [0.05, 0.1) is 34.5 Å². The molecular formula is C18H22O6. The van der Waals surface area contributed by atoms with Crippen molar-refractivity contribution in [3.05, 3.63) is 29.3 Å². The molecule has 0 aliphatic heterocycles. The summed E-state index contributed by atoms with van der Waals surface area (Å²) < 4.78 is 21.1. The number of aliphatic hydroxyl groups is 1. The Balaban J connectivity index is 2.82. The summed E-state index contributed by atoms with van der Waals surface area (Å²) >= 11 is 0. The maximum atomic E-state index is 12.1. The Morgan fingerprint density at radius 2 is 1.71 bits per heavy atom. The number of methoxy groups -OCH3 is 4. The van der Waals surface area contributed by atoms with Crippen LogP contribution in [-0.2, 0) is 11.2 Å². The lowest BCUT2D eigenvalue weighted by Crippen LogP contribution is -2.08. The molecule has 0 unspecified atom stereocenters. The molecule has 130 valence electrons. The summed E-state index contributed by atoms with van der Waals surface area (Å²) in [5, 5.41) is 11.2. The van der Waals surface area contributed by atoms with Gasteiger partial charge in [-0.1, -0.05) is 0 Å². The molecule has 24 heavy (non-hydrogen) atoms. The van der Waals surface area contributed by atoms with Crippen LogP contribution in [0.5, 0.6) is 17.2 Å². The molecule has 0 radical (unpaired) electrons. The average Bonchev–Trinajstić information content (AvgIpc) is 2.58. The number of benzene rings is 2. The molecule has 0 fully saturated rings. The first-order valence-corrected chi connectivity index (χ1v) is 7.48. The molecule has 2 rings (SSSR count). The van der Waals surface area contributed by atoms with E-state index in [1.807, 2.05) is 6.07 Å². The molecule has 0 saturated heterocycles. The molecule has 2 aromatic carbocycles. The standard InChI is InChI=1S/C18H22O6/c1-10(19)6-12-7-11-8-15(22-3)16(18(20)24-5)17(23-4)13(11)9-14(12)21-2/h7-10,19H,6H2,1-5H3/t10-/m1/s1. The lowest BCUT2D eigenvalue weighted by atomic mass is 9.98. The molecule has 0 bridgehead atoms. The van der Waals surface area contributed by atoms with Crippen LogP contribution < -0.4 is 14.2 Å². The smallest absolute Gasteiger partial charge is 0.345 e. The number of rotatable bonds is 6. The molecule has 0 saturated carbocycles. The van der Waals surface area contributed by atoms with Crippen molar-refractivity contribution < 1.29 is 28.8 Å². The van der Waals surface area contributed by atoms with E-state index in [2.05, 4.69) is 0 Å². The predicted octanol–water partition coefficient (Wildman–Crippen LogP) is 2.58. The highest BCUT2D eigenvalue weighted by Gasteiger charge is 2.23. The second kappa shape index (κ2) is 7.40. The summed E-state index contributed by atoms with van der Waals surface area (Å²) in [5.74, 6) is 0.790. The summed E-state index contributed by atoms with van der Waals surface area (Å²) in [4.78, 5) is 12.1. The number of ether oxygens (including phenoxy) is 4. The molecule has 0 amide bonds. The fourth-order valence-corrected chi connectivity index (χ4v) is 2.76. The van der Waals surface area contributed by atoms with Crippen LogP contribution in [0.15, 0.2) is 18.2 Å². The molecule has 0 heterocycles. The van der Waals surface area contributed by atoms with Gasteiger partial charge in [0, 0.05) is 11.8 Å². The van der Waals surface area contributed by atoms with Crippen LogP contribution >= 0.6 is 0 Å². The molecule has 6 heteroatoms. The van der Waals surface area contributed by atoms with Gasteiger partial charge < -0.3 is 24.1 Å². The van der Waals surface area contributed by atoms with Gasteiger partial charge in [0.25, 0.3) is 0 Å². The zero-order chi connectivity index (χ0) is 17.9. The molecule has 1 N–H and O–H groups in total. The fourth-order valence-electron chi connectivity index (χ4n) is 2.76. The number of hydrogen-bond acceptors (Lipinski definition) is 6. The summed E-state index contributed by atoms with van der Waals surface area (Å²) in [5.41, 5.74) is 1.08. The molecule has 0 aliphatic carbocycles. The quantitative estimate of drug-likeness (QED) is 0.819. The van der Waals surface area contributed by atoms with E-state index >= 15 is 0 Å². The Bertz CT molecular complexity index is 751. The van der Waals surface area contributed by atoms with E-state index in [-0.39, 0.29) is 5.56 Å². The number of carbonyl (C=O) groups excluding carboxylic acids is 1. The van der Waals surface area contributed by atoms with Crippen molar-refractivity contribution in [2.45, 2.75) is 19.4 Å². The van der Waals surface area contributed by atoms with E-state index in [4.69, 9.17) is 18.9 Å². The largest absolute Gasteiger partial charge is 0.496 e. The van der Waals surface area contributed by atoms with Crippen LogP contribution in [0, 0.1) is 0 Å². The first kappa shape index (κ1) is 17.9. The predicted molar refractivity (Wildman–Crippen MR) is 90.3 cm³/mol. The van der Waals surface area contributed by atoms with Crippen molar-refractivity contribution in [1.82, 2.24) is 0 Å². The molecule has 1 atom stereocenters. The van der Waals surface area contributed by atoms with Crippen LogP contribution in [-0.4, -0.2) is 45.6 Å². The van der Waals surface area contributed by atoms with Crippen molar-refractivity contribution in [3.8, 4) is 17.2 Å². The first-order chi connectivity index (χ1) is 11.5. The molecular weight excluding hydrogens is 312 g/mol. The number of carbonyl (C=O) groups is 1. The maximum Gasteiger partial charge on any atom is 0.345 e. The van der Waals surface area contributed by atoms with Crippen molar-refractivity contribution in [2.24, 2.45) is 0 Å². The monoisotopic (exact) mass is 334 g/mol. The Morgan fingerprint density at radius 1 is 1.04 bits per heavy atom. The Morgan fingerprint density at radius 3 is 2.21 bits per heavy atom. The minimum Gasteiger partial charge on any atom is -0.496 e. The Labute approximate surface area is 140 Å². The highest BCUT2D eigenvalue weighted by molar-refractivity contribution is 6.05. The van der Waals surface area contributed by atoms with Gasteiger partial charge >= 0.3 is 5.97 Å². The van der Waals surface area contributed by atoms with Gasteiger partial charge in [0.2, 0.25) is 0 Å². The lowest BCUT2D eigenvalue weighted by Gasteiger charge is -2.17. The van der Waals surface area contributed by atoms with Gasteiger partial charge in [-0.05, 0) is 36.1 Å². The number of esters is 1. The Kier molecular flexibility index (Phi) is 5.51. The highest BCUT2D eigenvalue weighted by Crippen LogP contribution is 2.40. The van der Waals surface area contributed by atoms with Crippen molar-refractivity contribution in [1.29, 1.82) is 0 Å². The average molecular weight is 334 g/mol. The van der Waals surface area contributed by atoms with E-state index in [9.17, 15) is 9.90 Å². The normalized spacial score (nSPS) is 11.9. The van der Waals surface area contributed by atoms with Gasteiger partial charge in [-0.3, -0.25) is 0 Å². The molecule has 0 spiro atoms. The van der Waals surface area contributed by atoms with Crippen molar-refractivity contribution >= 4 is 16.7 Å². The van der Waals surface area contributed by atoms with E-state index in [1.165, 1.54) is 21.3 Å². The van der Waals surface area contributed by atoms with Gasteiger partial charge in [0.1, 0.15) is 22.8 Å². The van der Waals surface area contributed by atoms with Crippen molar-refractivity contribution in [2.75, 3.05) is 28.4 Å². The van der Waals surface area contributed by atoms with E-state index < -0.39 is 12.1 Å². The van der Waals surface area contributed by atoms with Crippen LogP contribution in [0.4, 0.5) is 0 Å². The third-order valence-corrected chi connectivity index (χ3v) is 3.79. The van der Waals surface area contributed by atoms with E-state index in [0.717, 1.165) is 10.9 Å². The second-order valence-corrected chi connectivity index (χ2v) is 5.42. The third kappa shape index (κ3) is 3.23. The summed E-state index contributed by atoms with van der Waals surface area (Å²) in [6.07, 6.45) is -0.0582. The second-order valence-electron chi connectivity index (χ2n) is 5.42. The number of fused-ring (bicyclic) bond motifs is 1. The minimum atomic E-state index is -0.544. The third-order valence-electron chi connectivity index (χ3n) is 3.79. The summed E-state index contributed by atoms with van der Waals surface area (Å²) in [7, 11) is 5.83. The van der Waals surface area contributed by atoms with Gasteiger partial charge in [-0.2, -0.15) is 0 Å². The zero-order valence-electron chi connectivity index (χ0n) is 14.5. The topological polar surface area (TPSA) is 74.2 Å². The molecule has 0 aromatic heterocycles. The van der Waals surface area contributed by atoms with Gasteiger partial charge in [-0.25, -0.2) is 4.79 Å². The molecule has 6 nitrogen and oxygen atoms in total. The minimum absolute atomic E-state index is 0.223. The summed E-state index contributed by atoms with van der Waals surface area (Å²) in [6, 6.07) is 5.43. The Hall–Kier alpha value is -2.47. The maximum absolute atomic E-state index is 12.1. The van der Waals surface area contributed by atoms with E-state index in [1.54, 1.807) is 26.2 Å². The van der Waals surface area contributed by atoms with Crippen LogP contribution in [0.1, 0.15) is 22.8 Å².